The molecular weight excluding hydrogens is 365 g/mol. The summed E-state index contributed by atoms with van der Waals surface area (Å²) in [6, 6.07) is 10.3. The number of hydrogen-bond donors (Lipinski definition) is 1. The van der Waals surface area contributed by atoms with Gasteiger partial charge in [-0.1, -0.05) is 12.1 Å². The first-order chi connectivity index (χ1) is 13.1. The molecule has 0 saturated carbocycles. The molecule has 0 aliphatic carbocycles. The number of carbonyl (C=O) groups is 1. The van der Waals surface area contributed by atoms with E-state index in [1.165, 1.54) is 11.6 Å². The SMILES string of the molecule is CCOc1cc2c(cc1CSCCC(=O)Nc1ccccc1F)OC(C)C2. The molecule has 0 radical (unpaired) electrons. The summed E-state index contributed by atoms with van der Waals surface area (Å²) >= 11 is 1.65. The number of thioether (sulfide) groups is 1. The molecule has 0 spiro atoms. The zero-order valence-corrected chi connectivity index (χ0v) is 16.4. The topological polar surface area (TPSA) is 47.6 Å². The summed E-state index contributed by atoms with van der Waals surface area (Å²) in [6.07, 6.45) is 1.42. The molecule has 144 valence electrons. The molecule has 1 N–H and O–H groups in total. The Hall–Kier alpha value is -2.21. The minimum atomic E-state index is -0.424. The van der Waals surface area contributed by atoms with E-state index in [1.54, 1.807) is 30.0 Å². The van der Waals surface area contributed by atoms with Crippen LogP contribution >= 0.6 is 11.8 Å². The van der Waals surface area contributed by atoms with Gasteiger partial charge in [-0.2, -0.15) is 11.8 Å². The average Bonchev–Trinajstić information content (AvgIpc) is 3.00. The Labute approximate surface area is 163 Å². The summed E-state index contributed by atoms with van der Waals surface area (Å²) in [5, 5.41) is 2.61. The molecule has 1 aliphatic heterocycles. The number of halogens is 1. The Kier molecular flexibility index (Phi) is 6.61. The molecule has 1 heterocycles. The van der Waals surface area contributed by atoms with Crippen LogP contribution in [0.15, 0.2) is 36.4 Å². The summed E-state index contributed by atoms with van der Waals surface area (Å²) in [5.41, 5.74) is 2.48. The zero-order valence-electron chi connectivity index (χ0n) is 15.6. The van der Waals surface area contributed by atoms with Gasteiger partial charge in [0, 0.05) is 35.5 Å². The van der Waals surface area contributed by atoms with Crippen LogP contribution in [0.1, 0.15) is 31.4 Å². The van der Waals surface area contributed by atoms with Crippen LogP contribution < -0.4 is 14.8 Å². The maximum atomic E-state index is 13.6. The maximum Gasteiger partial charge on any atom is 0.225 e. The second-order valence-corrected chi connectivity index (χ2v) is 7.57. The van der Waals surface area contributed by atoms with Gasteiger partial charge in [-0.25, -0.2) is 4.39 Å². The number of ether oxygens (including phenoxy) is 2. The van der Waals surface area contributed by atoms with Gasteiger partial charge in [0.2, 0.25) is 5.91 Å². The number of rotatable bonds is 8. The predicted molar refractivity (Wildman–Crippen MR) is 107 cm³/mol. The van der Waals surface area contributed by atoms with Crippen molar-refractivity contribution >= 4 is 23.4 Å². The molecule has 1 unspecified atom stereocenters. The number of anilines is 1. The van der Waals surface area contributed by atoms with Crippen molar-refractivity contribution in [3.8, 4) is 11.5 Å². The Balaban J connectivity index is 1.52. The molecule has 6 heteroatoms. The van der Waals surface area contributed by atoms with Crippen LogP contribution in [0.3, 0.4) is 0 Å². The number of para-hydroxylation sites is 1. The van der Waals surface area contributed by atoms with Gasteiger partial charge >= 0.3 is 0 Å². The highest BCUT2D eigenvalue weighted by Crippen LogP contribution is 2.36. The lowest BCUT2D eigenvalue weighted by molar-refractivity contribution is -0.115. The lowest BCUT2D eigenvalue weighted by Crippen LogP contribution is -2.13. The summed E-state index contributed by atoms with van der Waals surface area (Å²) in [4.78, 5) is 12.0. The van der Waals surface area contributed by atoms with E-state index in [1.807, 2.05) is 6.92 Å². The molecule has 1 amide bonds. The van der Waals surface area contributed by atoms with Crippen molar-refractivity contribution in [1.29, 1.82) is 0 Å². The van der Waals surface area contributed by atoms with E-state index in [0.29, 0.717) is 18.8 Å². The van der Waals surface area contributed by atoms with Crippen molar-refractivity contribution in [2.24, 2.45) is 0 Å². The van der Waals surface area contributed by atoms with E-state index in [-0.39, 0.29) is 17.7 Å². The van der Waals surface area contributed by atoms with Crippen LogP contribution in [0.2, 0.25) is 0 Å². The Morgan fingerprint density at radius 3 is 2.96 bits per heavy atom. The fourth-order valence-electron chi connectivity index (χ4n) is 3.01. The standard InChI is InChI=1S/C21H24FNO3S/c1-3-25-19-11-15-10-14(2)26-20(15)12-16(19)13-27-9-8-21(24)23-18-7-5-4-6-17(18)22/h4-7,11-12,14H,3,8-10,13H2,1-2H3,(H,23,24). The van der Waals surface area contributed by atoms with Crippen LogP contribution in [-0.2, 0) is 17.0 Å². The molecule has 3 rings (SSSR count). The molecule has 1 aliphatic rings. The molecule has 1 atom stereocenters. The van der Waals surface area contributed by atoms with Gasteiger partial charge in [0.15, 0.2) is 0 Å². The third kappa shape index (κ3) is 5.16. The van der Waals surface area contributed by atoms with Crippen molar-refractivity contribution in [2.45, 2.75) is 38.5 Å². The quantitative estimate of drug-likeness (QED) is 0.658. The van der Waals surface area contributed by atoms with E-state index in [0.717, 1.165) is 29.2 Å². The Bertz CT molecular complexity index is 812. The Morgan fingerprint density at radius 2 is 2.19 bits per heavy atom. The van der Waals surface area contributed by atoms with E-state index in [2.05, 4.69) is 24.4 Å². The average molecular weight is 389 g/mol. The number of fused-ring (bicyclic) bond motifs is 1. The fraction of sp³-hybridized carbons (Fsp3) is 0.381. The maximum absolute atomic E-state index is 13.6. The fourth-order valence-corrected chi connectivity index (χ4v) is 3.93. The third-order valence-corrected chi connectivity index (χ3v) is 5.27. The summed E-state index contributed by atoms with van der Waals surface area (Å²) < 4.78 is 25.2. The first-order valence-corrected chi connectivity index (χ1v) is 10.3. The number of carbonyl (C=O) groups excluding carboxylic acids is 1. The highest BCUT2D eigenvalue weighted by atomic mass is 32.2. The molecule has 0 fully saturated rings. The highest BCUT2D eigenvalue weighted by molar-refractivity contribution is 7.98. The van der Waals surface area contributed by atoms with E-state index in [4.69, 9.17) is 9.47 Å². The molecule has 0 aromatic heterocycles. The van der Waals surface area contributed by atoms with Crippen molar-refractivity contribution in [3.05, 3.63) is 53.3 Å². The van der Waals surface area contributed by atoms with Gasteiger partial charge in [0.05, 0.1) is 12.3 Å². The second-order valence-electron chi connectivity index (χ2n) is 6.46. The van der Waals surface area contributed by atoms with Crippen LogP contribution in [-0.4, -0.2) is 24.4 Å². The molecule has 2 aromatic rings. The lowest BCUT2D eigenvalue weighted by atomic mass is 10.1. The van der Waals surface area contributed by atoms with E-state index >= 15 is 0 Å². The summed E-state index contributed by atoms with van der Waals surface area (Å²) in [7, 11) is 0. The monoisotopic (exact) mass is 389 g/mol. The van der Waals surface area contributed by atoms with E-state index in [9.17, 15) is 9.18 Å². The summed E-state index contributed by atoms with van der Waals surface area (Å²) in [5.74, 6) is 2.57. The van der Waals surface area contributed by atoms with Crippen molar-refractivity contribution in [1.82, 2.24) is 0 Å². The number of hydrogen-bond acceptors (Lipinski definition) is 4. The number of amides is 1. The van der Waals surface area contributed by atoms with Crippen LogP contribution in [0.4, 0.5) is 10.1 Å². The molecule has 0 bridgehead atoms. The van der Waals surface area contributed by atoms with Gasteiger partial charge < -0.3 is 14.8 Å². The van der Waals surface area contributed by atoms with Crippen LogP contribution in [0.5, 0.6) is 11.5 Å². The van der Waals surface area contributed by atoms with Crippen LogP contribution in [0, 0.1) is 5.82 Å². The molecular formula is C21H24FNO3S. The molecule has 2 aromatic carbocycles. The molecule has 27 heavy (non-hydrogen) atoms. The van der Waals surface area contributed by atoms with Gasteiger partial charge in [-0.3, -0.25) is 4.79 Å². The lowest BCUT2D eigenvalue weighted by Gasteiger charge is -2.12. The smallest absolute Gasteiger partial charge is 0.225 e. The predicted octanol–water partition coefficient (Wildman–Crippen LogP) is 4.81. The first kappa shape index (κ1) is 19.5. The third-order valence-electron chi connectivity index (χ3n) is 4.26. The summed E-state index contributed by atoms with van der Waals surface area (Å²) in [6.45, 7) is 4.64. The Morgan fingerprint density at radius 1 is 1.37 bits per heavy atom. The van der Waals surface area contributed by atoms with Crippen molar-refractivity contribution in [3.63, 3.8) is 0 Å². The number of benzene rings is 2. The molecule has 4 nitrogen and oxygen atoms in total. The normalized spacial score (nSPS) is 15.1. The van der Waals surface area contributed by atoms with Crippen molar-refractivity contribution in [2.75, 3.05) is 17.7 Å². The number of nitrogens with one attached hydrogen (secondary N) is 1. The van der Waals surface area contributed by atoms with Crippen molar-refractivity contribution < 1.29 is 18.7 Å². The van der Waals surface area contributed by atoms with Gasteiger partial charge in [-0.05, 0) is 38.1 Å². The highest BCUT2D eigenvalue weighted by Gasteiger charge is 2.21. The van der Waals surface area contributed by atoms with E-state index < -0.39 is 5.82 Å². The van der Waals surface area contributed by atoms with Gasteiger partial charge in [-0.15, -0.1) is 0 Å². The van der Waals surface area contributed by atoms with Gasteiger partial charge in [0.1, 0.15) is 23.4 Å². The van der Waals surface area contributed by atoms with Crippen LogP contribution in [0.25, 0.3) is 0 Å². The zero-order chi connectivity index (χ0) is 19.2. The minimum absolute atomic E-state index is 0.191. The largest absolute Gasteiger partial charge is 0.494 e. The van der Waals surface area contributed by atoms with Gasteiger partial charge in [0.25, 0.3) is 0 Å². The minimum Gasteiger partial charge on any atom is -0.494 e. The first-order valence-electron chi connectivity index (χ1n) is 9.14. The second kappa shape index (κ2) is 9.13. The molecule has 0 saturated heterocycles.